The number of carbonyl (C=O) groups is 6. The van der Waals surface area contributed by atoms with Crippen LogP contribution in [0.4, 0.5) is 17.1 Å². The van der Waals surface area contributed by atoms with E-state index in [2.05, 4.69) is 20.9 Å². The predicted octanol–water partition coefficient (Wildman–Crippen LogP) is 6.54. The molecule has 55 heavy (non-hydrogen) atoms. The van der Waals surface area contributed by atoms with Gasteiger partial charge in [-0.15, -0.1) is 11.3 Å². The summed E-state index contributed by atoms with van der Waals surface area (Å²) in [6.45, 7) is 2.92. The molecular weight excluding hydrogens is 727 g/mol. The zero-order valence-electron chi connectivity index (χ0n) is 29.4. The first-order valence-corrected chi connectivity index (χ1v) is 17.5. The fourth-order valence-corrected chi connectivity index (χ4v) is 6.06. The van der Waals surface area contributed by atoms with Crippen molar-refractivity contribution in [2.24, 2.45) is 5.92 Å². The molecule has 0 spiro atoms. The zero-order chi connectivity index (χ0) is 39.8. The summed E-state index contributed by atoms with van der Waals surface area (Å²) < 4.78 is 0. The SMILES string of the molecule is Cc1c(NC(=O)c2ccc(NC(=O)c3ccc(NC(=O)C(CC#N)CC(=O)c4ccc(CC(=O)c5cscn5)cc4)cc3)c(C)c2O)ccc(C(=O)O)c1O. The summed E-state index contributed by atoms with van der Waals surface area (Å²) in [6, 6.07) is 19.4. The van der Waals surface area contributed by atoms with Crippen LogP contribution in [0.3, 0.4) is 0 Å². The van der Waals surface area contributed by atoms with Crippen LogP contribution in [0.25, 0.3) is 0 Å². The third-order valence-corrected chi connectivity index (χ3v) is 9.33. The summed E-state index contributed by atoms with van der Waals surface area (Å²) in [5.41, 5.74) is 3.67. The van der Waals surface area contributed by atoms with E-state index >= 15 is 0 Å². The highest BCUT2D eigenvalue weighted by molar-refractivity contribution is 7.07. The average Bonchev–Trinajstić information content (AvgIpc) is 3.71. The summed E-state index contributed by atoms with van der Waals surface area (Å²) in [5.74, 6) is -5.57. The molecule has 15 heteroatoms. The van der Waals surface area contributed by atoms with Crippen molar-refractivity contribution in [2.75, 3.05) is 16.0 Å². The number of nitrogens with zero attached hydrogens (tertiary/aromatic N) is 2. The molecule has 278 valence electrons. The van der Waals surface area contributed by atoms with Gasteiger partial charge in [-0.1, -0.05) is 24.3 Å². The number of benzene rings is 4. The van der Waals surface area contributed by atoms with Gasteiger partial charge in [-0.25, -0.2) is 9.78 Å². The first kappa shape index (κ1) is 39.0. The van der Waals surface area contributed by atoms with Crippen molar-refractivity contribution in [1.82, 2.24) is 4.98 Å². The van der Waals surface area contributed by atoms with Gasteiger partial charge in [0.25, 0.3) is 11.8 Å². The number of carboxylic acids is 1. The first-order valence-electron chi connectivity index (χ1n) is 16.6. The molecule has 6 N–H and O–H groups in total. The van der Waals surface area contributed by atoms with Gasteiger partial charge in [-0.05, 0) is 67.9 Å². The molecule has 1 heterocycles. The summed E-state index contributed by atoms with van der Waals surface area (Å²) >= 11 is 1.32. The number of aromatic hydroxyl groups is 2. The number of hydrogen-bond donors (Lipinski definition) is 6. The van der Waals surface area contributed by atoms with Gasteiger partial charge in [0, 0.05) is 64.0 Å². The van der Waals surface area contributed by atoms with Gasteiger partial charge in [0.15, 0.2) is 11.6 Å². The number of aromatic carboxylic acids is 1. The van der Waals surface area contributed by atoms with Crippen LogP contribution in [0.15, 0.2) is 83.7 Å². The molecule has 0 bridgehead atoms. The number of anilines is 3. The van der Waals surface area contributed by atoms with Crippen molar-refractivity contribution in [1.29, 1.82) is 5.26 Å². The lowest BCUT2D eigenvalue weighted by molar-refractivity contribution is -0.119. The summed E-state index contributed by atoms with van der Waals surface area (Å²) in [5, 5.41) is 49.1. The Morgan fingerprint density at radius 2 is 1.33 bits per heavy atom. The number of aromatic nitrogens is 1. The topological polar surface area (TPSA) is 236 Å². The molecule has 3 amide bonds. The minimum atomic E-state index is -1.34. The highest BCUT2D eigenvalue weighted by atomic mass is 32.1. The maximum Gasteiger partial charge on any atom is 0.339 e. The molecule has 1 atom stereocenters. The normalized spacial score (nSPS) is 11.1. The zero-order valence-corrected chi connectivity index (χ0v) is 30.2. The molecule has 5 aromatic rings. The quantitative estimate of drug-likeness (QED) is 0.0665. The molecular formula is C40H33N5O9S. The molecule has 1 aromatic heterocycles. The van der Waals surface area contributed by atoms with Crippen molar-refractivity contribution < 1.29 is 44.1 Å². The van der Waals surface area contributed by atoms with E-state index in [4.69, 9.17) is 0 Å². The second-order valence-corrected chi connectivity index (χ2v) is 13.1. The molecule has 0 aliphatic heterocycles. The Morgan fingerprint density at radius 3 is 1.91 bits per heavy atom. The summed E-state index contributed by atoms with van der Waals surface area (Å²) in [6.07, 6.45) is -0.320. The third-order valence-electron chi connectivity index (χ3n) is 8.75. The Kier molecular flexibility index (Phi) is 12.1. The Bertz CT molecular complexity index is 2350. The van der Waals surface area contributed by atoms with Crippen LogP contribution < -0.4 is 16.0 Å². The van der Waals surface area contributed by atoms with Crippen LogP contribution in [-0.4, -0.2) is 55.6 Å². The van der Waals surface area contributed by atoms with Crippen LogP contribution in [-0.2, 0) is 11.2 Å². The Balaban J connectivity index is 1.17. The van der Waals surface area contributed by atoms with E-state index in [0.29, 0.717) is 22.5 Å². The van der Waals surface area contributed by atoms with Gasteiger partial charge >= 0.3 is 5.97 Å². The van der Waals surface area contributed by atoms with Crippen LogP contribution in [0.1, 0.15) is 81.5 Å². The van der Waals surface area contributed by atoms with Crippen molar-refractivity contribution >= 4 is 63.7 Å². The van der Waals surface area contributed by atoms with E-state index in [1.54, 1.807) is 35.2 Å². The number of phenolic OH excluding ortho intramolecular Hbond substituents is 1. The van der Waals surface area contributed by atoms with Crippen molar-refractivity contribution in [3.63, 3.8) is 0 Å². The molecule has 0 saturated carbocycles. The van der Waals surface area contributed by atoms with E-state index in [-0.39, 0.29) is 70.0 Å². The van der Waals surface area contributed by atoms with E-state index in [1.165, 1.54) is 67.6 Å². The van der Waals surface area contributed by atoms with E-state index in [0.717, 1.165) is 6.07 Å². The number of hydrogen-bond acceptors (Lipinski definition) is 11. The van der Waals surface area contributed by atoms with Gasteiger partial charge in [0.2, 0.25) is 5.91 Å². The van der Waals surface area contributed by atoms with Gasteiger partial charge in [0.1, 0.15) is 22.8 Å². The molecule has 0 aliphatic rings. The van der Waals surface area contributed by atoms with Gasteiger partial charge < -0.3 is 31.3 Å². The van der Waals surface area contributed by atoms with Crippen LogP contribution in [0, 0.1) is 31.1 Å². The summed E-state index contributed by atoms with van der Waals surface area (Å²) in [7, 11) is 0. The summed E-state index contributed by atoms with van der Waals surface area (Å²) in [4.78, 5) is 79.8. The van der Waals surface area contributed by atoms with Crippen molar-refractivity contribution in [3.05, 3.63) is 128 Å². The lowest BCUT2D eigenvalue weighted by Gasteiger charge is -2.15. The first-order chi connectivity index (χ1) is 26.3. The maximum atomic E-state index is 13.1. The second-order valence-electron chi connectivity index (χ2n) is 12.4. The standard InChI is InChI=1S/C40H33N5O9S/c1-21-30(13-11-28(35(21)48)39(52)45-31-14-12-29(40(53)54)36(49)22(31)2)44-37(50)25-7-9-27(10-8-25)43-38(51)26(15-16-41)18-33(46)24-5-3-23(4-6-24)17-34(47)32-19-55-20-42-32/h3-14,19-20,26,48-49H,15,17-18H2,1-2H3,(H,43,51)(H,44,50)(H,45,52)(H,53,54). The fourth-order valence-electron chi connectivity index (χ4n) is 5.50. The number of thiazole rings is 1. The number of rotatable bonds is 14. The molecule has 0 aliphatic carbocycles. The fraction of sp³-hybridized carbons (Fsp3) is 0.150. The van der Waals surface area contributed by atoms with Crippen LogP contribution >= 0.6 is 11.3 Å². The van der Waals surface area contributed by atoms with Gasteiger partial charge in [0.05, 0.1) is 23.1 Å². The molecule has 4 aromatic carbocycles. The highest BCUT2D eigenvalue weighted by Gasteiger charge is 2.24. The van der Waals surface area contributed by atoms with E-state index in [9.17, 15) is 49.3 Å². The predicted molar refractivity (Wildman–Crippen MR) is 203 cm³/mol. The van der Waals surface area contributed by atoms with E-state index < -0.39 is 41.1 Å². The average molecular weight is 760 g/mol. The second kappa shape index (κ2) is 17.1. The highest BCUT2D eigenvalue weighted by Crippen LogP contribution is 2.32. The molecule has 5 rings (SSSR count). The molecule has 1 unspecified atom stereocenters. The third kappa shape index (κ3) is 9.25. The number of nitrogens with one attached hydrogen (secondary N) is 3. The minimum absolute atomic E-state index is 0.119. The number of Topliss-reactive ketones (excluding diaryl/α,β-unsaturated/α-hetero) is 2. The number of ketones is 2. The lowest BCUT2D eigenvalue weighted by atomic mass is 9.94. The van der Waals surface area contributed by atoms with Gasteiger partial charge in [-0.2, -0.15) is 5.26 Å². The number of carbonyl (C=O) groups excluding carboxylic acids is 5. The van der Waals surface area contributed by atoms with Crippen LogP contribution in [0.5, 0.6) is 11.5 Å². The van der Waals surface area contributed by atoms with Crippen molar-refractivity contribution in [2.45, 2.75) is 33.1 Å². The minimum Gasteiger partial charge on any atom is -0.507 e. The van der Waals surface area contributed by atoms with E-state index in [1.807, 2.05) is 6.07 Å². The number of nitriles is 1. The Morgan fingerprint density at radius 1 is 0.745 bits per heavy atom. The number of amides is 3. The lowest BCUT2D eigenvalue weighted by Crippen LogP contribution is -2.25. The smallest absolute Gasteiger partial charge is 0.339 e. The monoisotopic (exact) mass is 759 g/mol. The molecule has 0 fully saturated rings. The van der Waals surface area contributed by atoms with Crippen molar-refractivity contribution in [3.8, 4) is 17.6 Å². The Hall–Kier alpha value is -7.18. The maximum absolute atomic E-state index is 13.1. The van der Waals surface area contributed by atoms with Crippen LogP contribution in [0.2, 0.25) is 0 Å². The number of carboxylic acid groups (broad SMARTS) is 1. The van der Waals surface area contributed by atoms with Gasteiger partial charge in [-0.3, -0.25) is 24.0 Å². The molecule has 14 nitrogen and oxygen atoms in total. The number of phenols is 2. The molecule has 0 radical (unpaired) electrons. The largest absolute Gasteiger partial charge is 0.507 e. The Labute approximate surface area is 318 Å². The molecule has 0 saturated heterocycles.